The van der Waals surface area contributed by atoms with Gasteiger partial charge in [0.15, 0.2) is 0 Å². The molecule has 0 aliphatic carbocycles. The first kappa shape index (κ1) is 23.6. The first-order valence-corrected chi connectivity index (χ1v) is 10.4. The maximum absolute atomic E-state index is 14.4. The van der Waals surface area contributed by atoms with Crippen LogP contribution in [0.3, 0.4) is 0 Å². The lowest BCUT2D eigenvalue weighted by Crippen LogP contribution is -2.48. The number of aliphatic hydroxyl groups is 2. The average molecular weight is 459 g/mol. The lowest BCUT2D eigenvalue weighted by molar-refractivity contribution is 0.0540. The Bertz CT molecular complexity index is 1080. The van der Waals surface area contributed by atoms with Crippen molar-refractivity contribution in [1.29, 1.82) is 0 Å². The smallest absolute Gasteiger partial charge is 0.274 e. The number of anilines is 1. The molecule has 1 amide bonds. The number of rotatable bonds is 8. The minimum Gasteiger partial charge on any atom is -0.394 e. The van der Waals surface area contributed by atoms with E-state index in [0.717, 1.165) is 10.6 Å². The highest BCUT2D eigenvalue weighted by Crippen LogP contribution is 2.31. The predicted molar refractivity (Wildman–Crippen MR) is 121 cm³/mol. The molecule has 0 aliphatic heterocycles. The van der Waals surface area contributed by atoms with E-state index in [-0.39, 0.29) is 17.0 Å². The van der Waals surface area contributed by atoms with Gasteiger partial charge >= 0.3 is 0 Å². The summed E-state index contributed by atoms with van der Waals surface area (Å²) in [4.78, 5) is 21.5. The van der Waals surface area contributed by atoms with Crippen LogP contribution in [0.5, 0.6) is 0 Å². The Morgan fingerprint density at radius 3 is 2.56 bits per heavy atom. The molecule has 0 saturated heterocycles. The highest BCUT2D eigenvalue weighted by atomic mass is 35.5. The number of nitrogens with one attached hydrogen (secondary N) is 1. The molecule has 3 rings (SSSR count). The summed E-state index contributed by atoms with van der Waals surface area (Å²) in [6.07, 6.45) is 4.53. The van der Waals surface area contributed by atoms with Crippen molar-refractivity contribution in [3.05, 3.63) is 77.0 Å². The van der Waals surface area contributed by atoms with Gasteiger partial charge < -0.3 is 10.2 Å². The monoisotopic (exact) mass is 458 g/mol. The van der Waals surface area contributed by atoms with Crippen LogP contribution in [-0.2, 0) is 0 Å². The highest BCUT2D eigenvalue weighted by molar-refractivity contribution is 6.30. The number of aromatic nitrogens is 2. The zero-order valence-corrected chi connectivity index (χ0v) is 18.4. The van der Waals surface area contributed by atoms with Crippen LogP contribution in [-0.4, -0.2) is 50.4 Å². The fraction of sp³-hybridized carbons (Fsp3) is 0.261. The van der Waals surface area contributed by atoms with E-state index in [1.807, 2.05) is 13.8 Å². The van der Waals surface area contributed by atoms with Crippen molar-refractivity contribution >= 4 is 23.2 Å². The van der Waals surface area contributed by atoms with E-state index in [1.165, 1.54) is 30.6 Å². The first-order chi connectivity index (χ1) is 15.3. The third-order valence-electron chi connectivity index (χ3n) is 4.92. The molecule has 0 bridgehead atoms. The van der Waals surface area contributed by atoms with Crippen LogP contribution in [0, 0.1) is 5.82 Å². The first-order valence-electron chi connectivity index (χ1n) is 10.0. The van der Waals surface area contributed by atoms with Gasteiger partial charge in [-0.3, -0.25) is 20.2 Å². The average Bonchev–Trinajstić information content (AvgIpc) is 2.80. The van der Waals surface area contributed by atoms with Crippen molar-refractivity contribution in [2.24, 2.45) is 0 Å². The lowest BCUT2D eigenvalue weighted by Gasteiger charge is -2.31. The van der Waals surface area contributed by atoms with Crippen molar-refractivity contribution in [3.63, 3.8) is 0 Å². The molecular formula is C23H24ClFN4O3. The second-order valence-electron chi connectivity index (χ2n) is 7.48. The summed E-state index contributed by atoms with van der Waals surface area (Å²) in [5.74, 6) is -0.967. The Hall–Kier alpha value is -3.07. The topological polar surface area (TPSA) is 98.6 Å². The summed E-state index contributed by atoms with van der Waals surface area (Å²) >= 11 is 6.04. The van der Waals surface area contributed by atoms with Crippen molar-refractivity contribution < 1.29 is 19.4 Å². The van der Waals surface area contributed by atoms with Crippen LogP contribution in [0.2, 0.25) is 5.02 Å². The Morgan fingerprint density at radius 2 is 1.94 bits per heavy atom. The fourth-order valence-corrected chi connectivity index (χ4v) is 3.32. The summed E-state index contributed by atoms with van der Waals surface area (Å²) in [5, 5.41) is 21.0. The Labute approximate surface area is 190 Å². The van der Waals surface area contributed by atoms with Crippen LogP contribution in [0.4, 0.5) is 10.1 Å². The predicted octanol–water partition coefficient (Wildman–Crippen LogP) is 3.88. The van der Waals surface area contributed by atoms with Gasteiger partial charge in [0.1, 0.15) is 5.82 Å². The van der Waals surface area contributed by atoms with Gasteiger partial charge in [-0.05, 0) is 47.9 Å². The SMILES string of the molecule is CC(C)c1cnc(-c2cc(Cl)ccc2F)cc1NN(C(=O)c1cccnc1)C(CO)CO. The second kappa shape index (κ2) is 10.5. The van der Waals surface area contributed by atoms with E-state index in [4.69, 9.17) is 11.6 Å². The van der Waals surface area contributed by atoms with Crippen LogP contribution in [0.15, 0.2) is 55.0 Å². The number of carbonyl (C=O) groups is 1. The molecule has 7 nitrogen and oxygen atoms in total. The van der Waals surface area contributed by atoms with Crippen LogP contribution < -0.4 is 5.43 Å². The normalized spacial score (nSPS) is 11.1. The number of halogens is 2. The number of hydrogen-bond donors (Lipinski definition) is 3. The zero-order valence-electron chi connectivity index (χ0n) is 17.7. The van der Waals surface area contributed by atoms with Gasteiger partial charge in [0.25, 0.3) is 5.91 Å². The van der Waals surface area contributed by atoms with Crippen LogP contribution in [0.25, 0.3) is 11.3 Å². The van der Waals surface area contributed by atoms with E-state index in [0.29, 0.717) is 16.4 Å². The highest BCUT2D eigenvalue weighted by Gasteiger charge is 2.26. The molecule has 0 radical (unpaired) electrons. The summed E-state index contributed by atoms with van der Waals surface area (Å²) in [6.45, 7) is 2.94. The maximum atomic E-state index is 14.4. The summed E-state index contributed by atoms with van der Waals surface area (Å²) in [6, 6.07) is 8.06. The van der Waals surface area contributed by atoms with Gasteiger partial charge in [-0.15, -0.1) is 0 Å². The number of hydrazine groups is 1. The molecule has 1 aromatic carbocycles. The quantitative estimate of drug-likeness (QED) is 0.443. The van der Waals surface area contributed by atoms with Gasteiger partial charge in [-0.2, -0.15) is 0 Å². The van der Waals surface area contributed by atoms with E-state index in [9.17, 15) is 19.4 Å². The number of hydrogen-bond acceptors (Lipinski definition) is 6. The zero-order chi connectivity index (χ0) is 23.3. The standard InChI is InChI=1S/C23H24ClFN4O3/c1-14(2)19-11-27-21(18-8-16(24)5-6-20(18)25)9-22(19)28-29(17(12-30)13-31)23(32)15-4-3-7-26-10-15/h3-11,14,17,30-31H,12-13H2,1-2H3,(H,27,28). The molecule has 9 heteroatoms. The number of nitrogens with zero attached hydrogens (tertiary/aromatic N) is 3. The summed E-state index contributed by atoms with van der Waals surface area (Å²) in [5.41, 5.74) is 5.05. The minimum absolute atomic E-state index is 0.0142. The van der Waals surface area contributed by atoms with Gasteiger partial charge in [-0.25, -0.2) is 9.40 Å². The maximum Gasteiger partial charge on any atom is 0.274 e. The molecule has 2 aromatic heterocycles. The molecule has 0 fully saturated rings. The molecule has 3 aromatic rings. The third-order valence-corrected chi connectivity index (χ3v) is 5.15. The van der Waals surface area contributed by atoms with Gasteiger partial charge in [0.2, 0.25) is 0 Å². The lowest BCUT2D eigenvalue weighted by atomic mass is 10.0. The molecule has 0 unspecified atom stereocenters. The van der Waals surface area contributed by atoms with Crippen molar-refractivity contribution in [2.45, 2.75) is 25.8 Å². The molecule has 32 heavy (non-hydrogen) atoms. The molecular weight excluding hydrogens is 435 g/mol. The minimum atomic E-state index is -0.928. The van der Waals surface area contributed by atoms with Gasteiger partial charge in [0, 0.05) is 29.2 Å². The van der Waals surface area contributed by atoms with Crippen molar-refractivity contribution in [2.75, 3.05) is 18.6 Å². The van der Waals surface area contributed by atoms with E-state index < -0.39 is 31.0 Å². The van der Waals surface area contributed by atoms with E-state index in [1.54, 1.807) is 24.4 Å². The van der Waals surface area contributed by atoms with Crippen molar-refractivity contribution in [3.8, 4) is 11.3 Å². The third kappa shape index (κ3) is 5.21. The molecule has 0 spiro atoms. The summed E-state index contributed by atoms with van der Waals surface area (Å²) in [7, 11) is 0. The molecule has 0 saturated carbocycles. The van der Waals surface area contributed by atoms with E-state index >= 15 is 0 Å². The number of amides is 1. The molecule has 2 heterocycles. The Kier molecular flexibility index (Phi) is 7.74. The fourth-order valence-electron chi connectivity index (χ4n) is 3.15. The van der Waals surface area contributed by atoms with Gasteiger partial charge in [0.05, 0.1) is 36.2 Å². The Balaban J connectivity index is 2.07. The van der Waals surface area contributed by atoms with E-state index in [2.05, 4.69) is 15.4 Å². The summed E-state index contributed by atoms with van der Waals surface area (Å²) < 4.78 is 14.4. The number of pyridine rings is 2. The van der Waals surface area contributed by atoms with Gasteiger partial charge in [-0.1, -0.05) is 25.4 Å². The van der Waals surface area contributed by atoms with Crippen LogP contribution >= 0.6 is 11.6 Å². The largest absolute Gasteiger partial charge is 0.394 e. The number of benzene rings is 1. The molecule has 168 valence electrons. The molecule has 0 atom stereocenters. The number of aliphatic hydroxyl groups excluding tert-OH is 2. The van der Waals surface area contributed by atoms with Crippen LogP contribution in [0.1, 0.15) is 35.7 Å². The second-order valence-corrected chi connectivity index (χ2v) is 7.92. The molecule has 3 N–H and O–H groups in total. The molecule has 0 aliphatic rings. The number of carbonyl (C=O) groups excluding carboxylic acids is 1. The van der Waals surface area contributed by atoms with Crippen molar-refractivity contribution in [1.82, 2.24) is 15.0 Å². The Morgan fingerprint density at radius 1 is 1.19 bits per heavy atom.